The van der Waals surface area contributed by atoms with Gasteiger partial charge in [0.05, 0.1) is 6.42 Å². The lowest BCUT2D eigenvalue weighted by Crippen LogP contribution is -2.49. The van der Waals surface area contributed by atoms with Gasteiger partial charge in [-0.25, -0.2) is 0 Å². The zero-order valence-electron chi connectivity index (χ0n) is 16.5. The van der Waals surface area contributed by atoms with Gasteiger partial charge in [0.2, 0.25) is 11.8 Å². The molecule has 0 aliphatic heterocycles. The maximum absolute atomic E-state index is 13.2. The standard InChI is InChI=1S/C22H26Cl2N2O2/c1-4-20(22(28)25-5-2)26(14-17-18(23)7-6-8-19(17)24)21(27)13-16-11-9-15(3)10-12-16/h6-12,20H,4-5,13-14H2,1-3H3,(H,25,28). The first kappa shape index (κ1) is 22.3. The molecule has 0 fully saturated rings. The normalized spacial score (nSPS) is 11.8. The number of halogens is 2. The van der Waals surface area contributed by atoms with Crippen molar-refractivity contribution in [3.8, 4) is 0 Å². The quantitative estimate of drug-likeness (QED) is 0.667. The van der Waals surface area contributed by atoms with E-state index in [2.05, 4.69) is 5.32 Å². The van der Waals surface area contributed by atoms with Crippen LogP contribution in [0.25, 0.3) is 0 Å². The molecule has 0 radical (unpaired) electrons. The molecule has 4 nitrogen and oxygen atoms in total. The summed E-state index contributed by atoms with van der Waals surface area (Å²) in [6.07, 6.45) is 0.700. The van der Waals surface area contributed by atoms with Gasteiger partial charge in [-0.05, 0) is 38.0 Å². The van der Waals surface area contributed by atoms with E-state index in [1.807, 2.05) is 45.0 Å². The zero-order chi connectivity index (χ0) is 20.7. The predicted octanol–water partition coefficient (Wildman–Crippen LogP) is 4.79. The minimum Gasteiger partial charge on any atom is -0.355 e. The van der Waals surface area contributed by atoms with Crippen molar-refractivity contribution in [3.05, 3.63) is 69.2 Å². The average molecular weight is 421 g/mol. The van der Waals surface area contributed by atoms with E-state index in [1.165, 1.54) is 0 Å². The monoisotopic (exact) mass is 420 g/mol. The van der Waals surface area contributed by atoms with Gasteiger partial charge in [-0.15, -0.1) is 0 Å². The number of nitrogens with one attached hydrogen (secondary N) is 1. The van der Waals surface area contributed by atoms with E-state index in [9.17, 15) is 9.59 Å². The van der Waals surface area contributed by atoms with Crippen LogP contribution in [0.5, 0.6) is 0 Å². The number of carbonyl (C=O) groups excluding carboxylic acids is 2. The van der Waals surface area contributed by atoms with Gasteiger partial charge in [0.15, 0.2) is 0 Å². The van der Waals surface area contributed by atoms with Gasteiger partial charge < -0.3 is 10.2 Å². The van der Waals surface area contributed by atoms with Crippen LogP contribution >= 0.6 is 23.2 Å². The lowest BCUT2D eigenvalue weighted by molar-refractivity contribution is -0.140. The third kappa shape index (κ3) is 5.73. The molecule has 0 heterocycles. The number of benzene rings is 2. The molecule has 0 saturated heterocycles. The van der Waals surface area contributed by atoms with Gasteiger partial charge in [-0.1, -0.05) is 66.0 Å². The van der Waals surface area contributed by atoms with Gasteiger partial charge >= 0.3 is 0 Å². The fraction of sp³-hybridized carbons (Fsp3) is 0.364. The average Bonchev–Trinajstić information content (AvgIpc) is 2.66. The van der Waals surface area contributed by atoms with E-state index in [0.717, 1.165) is 11.1 Å². The van der Waals surface area contributed by atoms with Crippen molar-refractivity contribution in [3.63, 3.8) is 0 Å². The molecule has 150 valence electrons. The maximum atomic E-state index is 13.2. The topological polar surface area (TPSA) is 49.4 Å². The molecular weight excluding hydrogens is 395 g/mol. The van der Waals surface area contributed by atoms with Gasteiger partial charge in [0, 0.05) is 28.7 Å². The van der Waals surface area contributed by atoms with Crippen LogP contribution < -0.4 is 5.32 Å². The molecule has 1 unspecified atom stereocenters. The highest BCUT2D eigenvalue weighted by Crippen LogP contribution is 2.27. The summed E-state index contributed by atoms with van der Waals surface area (Å²) < 4.78 is 0. The number of nitrogens with zero attached hydrogens (tertiary/aromatic N) is 1. The Balaban J connectivity index is 2.35. The molecule has 0 bridgehead atoms. The van der Waals surface area contributed by atoms with Crippen molar-refractivity contribution in [2.45, 2.75) is 46.2 Å². The summed E-state index contributed by atoms with van der Waals surface area (Å²) >= 11 is 12.6. The summed E-state index contributed by atoms with van der Waals surface area (Å²) in [4.78, 5) is 27.4. The third-order valence-electron chi connectivity index (χ3n) is 4.60. The summed E-state index contributed by atoms with van der Waals surface area (Å²) in [5, 5.41) is 3.78. The van der Waals surface area contributed by atoms with E-state index in [0.29, 0.717) is 28.6 Å². The molecule has 0 aliphatic carbocycles. The summed E-state index contributed by atoms with van der Waals surface area (Å²) in [6.45, 7) is 6.43. The van der Waals surface area contributed by atoms with Crippen molar-refractivity contribution in [2.24, 2.45) is 0 Å². The highest BCUT2D eigenvalue weighted by atomic mass is 35.5. The van der Waals surface area contributed by atoms with Crippen molar-refractivity contribution in [1.29, 1.82) is 0 Å². The minimum absolute atomic E-state index is 0.141. The highest BCUT2D eigenvalue weighted by Gasteiger charge is 2.29. The lowest BCUT2D eigenvalue weighted by atomic mass is 10.1. The van der Waals surface area contributed by atoms with Crippen LogP contribution in [0.2, 0.25) is 10.0 Å². The Kier molecular flexibility index (Phi) is 8.34. The molecular formula is C22H26Cl2N2O2. The Morgan fingerprint density at radius 3 is 2.18 bits per heavy atom. The number of hydrogen-bond donors (Lipinski definition) is 1. The van der Waals surface area contributed by atoms with Crippen LogP contribution in [0, 0.1) is 6.92 Å². The Hall–Kier alpha value is -2.04. The smallest absolute Gasteiger partial charge is 0.242 e. The summed E-state index contributed by atoms with van der Waals surface area (Å²) in [5.41, 5.74) is 2.67. The molecule has 2 aromatic carbocycles. The number of amides is 2. The maximum Gasteiger partial charge on any atom is 0.242 e. The van der Waals surface area contributed by atoms with Gasteiger partial charge in [0.1, 0.15) is 6.04 Å². The molecule has 2 amide bonds. The second kappa shape index (κ2) is 10.5. The predicted molar refractivity (Wildman–Crippen MR) is 115 cm³/mol. The number of aryl methyl sites for hydroxylation is 1. The van der Waals surface area contributed by atoms with Gasteiger partial charge in [-0.3, -0.25) is 9.59 Å². The van der Waals surface area contributed by atoms with E-state index in [1.54, 1.807) is 23.1 Å². The highest BCUT2D eigenvalue weighted by molar-refractivity contribution is 6.36. The molecule has 6 heteroatoms. The van der Waals surface area contributed by atoms with E-state index in [-0.39, 0.29) is 24.8 Å². The van der Waals surface area contributed by atoms with Crippen molar-refractivity contribution >= 4 is 35.0 Å². The fourth-order valence-electron chi connectivity index (χ4n) is 3.05. The van der Waals surface area contributed by atoms with E-state index < -0.39 is 6.04 Å². The molecule has 1 N–H and O–H groups in total. The molecule has 0 aromatic heterocycles. The number of hydrogen-bond acceptors (Lipinski definition) is 2. The number of rotatable bonds is 8. The van der Waals surface area contributed by atoms with Gasteiger partial charge in [0.25, 0.3) is 0 Å². The molecule has 28 heavy (non-hydrogen) atoms. The largest absolute Gasteiger partial charge is 0.355 e. The third-order valence-corrected chi connectivity index (χ3v) is 5.31. The first-order chi connectivity index (χ1) is 13.4. The Labute approximate surface area is 176 Å². The molecule has 0 saturated carbocycles. The fourth-order valence-corrected chi connectivity index (χ4v) is 3.56. The molecule has 2 aromatic rings. The second-order valence-corrected chi connectivity index (χ2v) is 7.52. The second-order valence-electron chi connectivity index (χ2n) is 6.70. The van der Waals surface area contributed by atoms with Crippen LogP contribution in [0.4, 0.5) is 0 Å². The Morgan fingerprint density at radius 1 is 1.04 bits per heavy atom. The summed E-state index contributed by atoms with van der Waals surface area (Å²) in [5.74, 6) is -0.316. The van der Waals surface area contributed by atoms with Crippen molar-refractivity contribution in [1.82, 2.24) is 10.2 Å². The summed E-state index contributed by atoms with van der Waals surface area (Å²) in [6, 6.07) is 12.4. The van der Waals surface area contributed by atoms with Crippen molar-refractivity contribution in [2.75, 3.05) is 6.54 Å². The SMILES string of the molecule is CCNC(=O)C(CC)N(Cc1c(Cl)cccc1Cl)C(=O)Cc1ccc(C)cc1. The molecule has 2 rings (SSSR count). The van der Waals surface area contributed by atoms with Crippen LogP contribution in [0.1, 0.15) is 37.0 Å². The van der Waals surface area contributed by atoms with E-state index in [4.69, 9.17) is 23.2 Å². The van der Waals surface area contributed by atoms with Gasteiger partial charge in [-0.2, -0.15) is 0 Å². The minimum atomic E-state index is -0.592. The Morgan fingerprint density at radius 2 is 1.64 bits per heavy atom. The number of likely N-dealkylation sites (N-methyl/N-ethyl adjacent to an activating group) is 1. The Bertz CT molecular complexity index is 802. The van der Waals surface area contributed by atoms with Crippen LogP contribution in [0.15, 0.2) is 42.5 Å². The van der Waals surface area contributed by atoms with E-state index >= 15 is 0 Å². The van der Waals surface area contributed by atoms with Crippen molar-refractivity contribution < 1.29 is 9.59 Å². The van der Waals surface area contributed by atoms with Crippen LogP contribution in [-0.4, -0.2) is 29.3 Å². The van der Waals surface area contributed by atoms with Crippen LogP contribution in [0.3, 0.4) is 0 Å². The van der Waals surface area contributed by atoms with Crippen LogP contribution in [-0.2, 0) is 22.6 Å². The lowest BCUT2D eigenvalue weighted by Gasteiger charge is -2.31. The summed E-state index contributed by atoms with van der Waals surface area (Å²) in [7, 11) is 0. The first-order valence-electron chi connectivity index (χ1n) is 9.42. The molecule has 0 spiro atoms. The molecule has 1 atom stereocenters. The first-order valence-corrected chi connectivity index (χ1v) is 10.2. The molecule has 0 aliphatic rings. The number of carbonyl (C=O) groups is 2. The zero-order valence-corrected chi connectivity index (χ0v) is 18.0.